The molecule has 0 unspecified atom stereocenters. The molecule has 0 saturated carbocycles. The maximum absolute atomic E-state index is 12.9. The number of methoxy groups -OCH3 is 1. The van der Waals surface area contributed by atoms with Crippen molar-refractivity contribution in [3.05, 3.63) is 58.7 Å². The number of aryl methyl sites for hydroxylation is 2. The van der Waals surface area contributed by atoms with Crippen LogP contribution in [0.5, 0.6) is 0 Å². The first kappa shape index (κ1) is 17.6. The third kappa shape index (κ3) is 4.16. The first-order valence-corrected chi connectivity index (χ1v) is 7.51. The lowest BCUT2D eigenvalue weighted by Gasteiger charge is -2.03. The SMILES string of the molecule is COC(=O)CCn1nc(C)c(C=CC(=O)c2ccc(F)cc2)c1C. The van der Waals surface area contributed by atoms with Crippen LogP contribution in [0.25, 0.3) is 6.08 Å². The Balaban J connectivity index is 2.14. The Labute approximate surface area is 139 Å². The first-order valence-electron chi connectivity index (χ1n) is 7.51. The fourth-order valence-corrected chi connectivity index (χ4v) is 2.34. The highest BCUT2D eigenvalue weighted by atomic mass is 19.1. The van der Waals surface area contributed by atoms with Gasteiger partial charge in [0.1, 0.15) is 5.82 Å². The molecule has 0 aliphatic rings. The summed E-state index contributed by atoms with van der Waals surface area (Å²) in [6.45, 7) is 4.13. The Morgan fingerprint density at radius 3 is 2.54 bits per heavy atom. The normalized spacial score (nSPS) is 11.0. The van der Waals surface area contributed by atoms with Gasteiger partial charge in [-0.2, -0.15) is 5.10 Å². The van der Waals surface area contributed by atoms with Crippen molar-refractivity contribution in [1.82, 2.24) is 9.78 Å². The van der Waals surface area contributed by atoms with E-state index in [1.54, 1.807) is 10.8 Å². The second kappa shape index (κ2) is 7.68. The highest BCUT2D eigenvalue weighted by Gasteiger charge is 2.11. The van der Waals surface area contributed by atoms with Gasteiger partial charge in [0.2, 0.25) is 0 Å². The smallest absolute Gasteiger partial charge is 0.307 e. The van der Waals surface area contributed by atoms with Crippen LogP contribution in [0.1, 0.15) is 33.7 Å². The van der Waals surface area contributed by atoms with E-state index in [1.807, 2.05) is 13.8 Å². The highest BCUT2D eigenvalue weighted by molar-refractivity contribution is 6.06. The number of hydrogen-bond acceptors (Lipinski definition) is 4. The van der Waals surface area contributed by atoms with Crippen LogP contribution < -0.4 is 0 Å². The number of benzene rings is 1. The van der Waals surface area contributed by atoms with Crippen molar-refractivity contribution in [3.63, 3.8) is 0 Å². The molecular formula is C18H19FN2O3. The average Bonchev–Trinajstić information content (AvgIpc) is 2.84. The maximum Gasteiger partial charge on any atom is 0.307 e. The summed E-state index contributed by atoms with van der Waals surface area (Å²) in [7, 11) is 1.35. The predicted molar refractivity (Wildman–Crippen MR) is 88.1 cm³/mol. The van der Waals surface area contributed by atoms with E-state index in [4.69, 9.17) is 0 Å². The predicted octanol–water partition coefficient (Wildman–Crippen LogP) is 3.10. The van der Waals surface area contributed by atoms with Gasteiger partial charge < -0.3 is 4.74 Å². The number of ketones is 1. The molecule has 2 aromatic rings. The average molecular weight is 330 g/mol. The lowest BCUT2D eigenvalue weighted by Crippen LogP contribution is -2.09. The standard InChI is InChI=1S/C18H19FN2O3/c1-12-16(13(2)21(20-12)11-10-18(23)24-3)8-9-17(22)14-4-6-15(19)7-5-14/h4-9H,10-11H2,1-3H3. The molecule has 1 aromatic carbocycles. The minimum absolute atomic E-state index is 0.212. The van der Waals surface area contributed by atoms with E-state index in [1.165, 1.54) is 37.5 Å². The molecule has 0 spiro atoms. The molecule has 0 atom stereocenters. The van der Waals surface area contributed by atoms with Gasteiger partial charge in [-0.25, -0.2) is 4.39 Å². The summed E-state index contributed by atoms with van der Waals surface area (Å²) in [6, 6.07) is 5.40. The number of carbonyl (C=O) groups excluding carboxylic acids is 2. The molecule has 0 aliphatic heterocycles. The topological polar surface area (TPSA) is 61.2 Å². The Morgan fingerprint density at radius 2 is 1.92 bits per heavy atom. The summed E-state index contributed by atoms with van der Waals surface area (Å²) >= 11 is 0. The zero-order valence-corrected chi connectivity index (χ0v) is 13.9. The lowest BCUT2D eigenvalue weighted by molar-refractivity contribution is -0.140. The second-order valence-electron chi connectivity index (χ2n) is 5.34. The summed E-state index contributed by atoms with van der Waals surface area (Å²) < 4.78 is 19.2. The maximum atomic E-state index is 12.9. The van der Waals surface area contributed by atoms with Crippen molar-refractivity contribution >= 4 is 17.8 Å². The van der Waals surface area contributed by atoms with E-state index in [0.717, 1.165) is 17.0 Å². The molecule has 2 rings (SSSR count). The molecule has 0 radical (unpaired) electrons. The van der Waals surface area contributed by atoms with Crippen molar-refractivity contribution in [3.8, 4) is 0 Å². The fourth-order valence-electron chi connectivity index (χ4n) is 2.34. The Morgan fingerprint density at radius 1 is 1.25 bits per heavy atom. The van der Waals surface area contributed by atoms with Gasteiger partial charge in [0, 0.05) is 16.8 Å². The van der Waals surface area contributed by atoms with Gasteiger partial charge >= 0.3 is 5.97 Å². The van der Waals surface area contributed by atoms with Crippen molar-refractivity contribution in [2.45, 2.75) is 26.8 Å². The van der Waals surface area contributed by atoms with Crippen molar-refractivity contribution in [1.29, 1.82) is 0 Å². The zero-order valence-electron chi connectivity index (χ0n) is 13.9. The summed E-state index contributed by atoms with van der Waals surface area (Å²) in [4.78, 5) is 23.4. The Bertz CT molecular complexity index is 776. The van der Waals surface area contributed by atoms with Gasteiger partial charge in [0.15, 0.2) is 5.78 Å². The molecule has 126 valence electrons. The summed E-state index contributed by atoms with van der Waals surface area (Å²) in [5.41, 5.74) is 2.87. The Kier molecular flexibility index (Phi) is 5.63. The van der Waals surface area contributed by atoms with E-state index in [0.29, 0.717) is 12.1 Å². The van der Waals surface area contributed by atoms with Gasteiger partial charge in [0.25, 0.3) is 0 Å². The minimum Gasteiger partial charge on any atom is -0.469 e. The molecule has 0 amide bonds. The number of nitrogens with zero attached hydrogens (tertiary/aromatic N) is 2. The molecule has 0 N–H and O–H groups in total. The molecule has 1 aromatic heterocycles. The number of halogens is 1. The van der Waals surface area contributed by atoms with E-state index < -0.39 is 0 Å². The van der Waals surface area contributed by atoms with Gasteiger partial charge in [-0.15, -0.1) is 0 Å². The van der Waals surface area contributed by atoms with Crippen LogP contribution in [0.3, 0.4) is 0 Å². The van der Waals surface area contributed by atoms with E-state index in [-0.39, 0.29) is 24.0 Å². The van der Waals surface area contributed by atoms with Crippen LogP contribution >= 0.6 is 0 Å². The molecule has 0 fully saturated rings. The van der Waals surface area contributed by atoms with E-state index in [9.17, 15) is 14.0 Å². The molecule has 0 aliphatic carbocycles. The van der Waals surface area contributed by atoms with Crippen molar-refractivity contribution in [2.24, 2.45) is 0 Å². The molecule has 6 heteroatoms. The number of esters is 1. The summed E-state index contributed by atoms with van der Waals surface area (Å²) in [5, 5.41) is 4.38. The molecule has 5 nitrogen and oxygen atoms in total. The van der Waals surface area contributed by atoms with Crippen LogP contribution in [-0.4, -0.2) is 28.6 Å². The quantitative estimate of drug-likeness (QED) is 0.464. The molecule has 0 bridgehead atoms. The van der Waals surface area contributed by atoms with E-state index in [2.05, 4.69) is 9.84 Å². The third-order valence-electron chi connectivity index (χ3n) is 3.72. The van der Waals surface area contributed by atoms with Crippen LogP contribution in [0, 0.1) is 19.7 Å². The third-order valence-corrected chi connectivity index (χ3v) is 3.72. The molecular weight excluding hydrogens is 311 g/mol. The number of ether oxygens (including phenoxy) is 1. The van der Waals surface area contributed by atoms with Gasteiger partial charge in [0.05, 0.1) is 25.8 Å². The highest BCUT2D eigenvalue weighted by Crippen LogP contribution is 2.16. The van der Waals surface area contributed by atoms with Gasteiger partial charge in [-0.1, -0.05) is 0 Å². The Hall–Kier alpha value is -2.76. The fraction of sp³-hybridized carbons (Fsp3) is 0.278. The number of allylic oxidation sites excluding steroid dienone is 1. The molecule has 24 heavy (non-hydrogen) atoms. The first-order chi connectivity index (χ1) is 11.4. The van der Waals surface area contributed by atoms with Gasteiger partial charge in [-0.3, -0.25) is 14.3 Å². The molecule has 1 heterocycles. The lowest BCUT2D eigenvalue weighted by atomic mass is 10.1. The van der Waals surface area contributed by atoms with Crippen molar-refractivity contribution < 1.29 is 18.7 Å². The number of rotatable bonds is 6. The minimum atomic E-state index is -0.380. The van der Waals surface area contributed by atoms with Crippen molar-refractivity contribution in [2.75, 3.05) is 7.11 Å². The number of hydrogen-bond donors (Lipinski definition) is 0. The van der Waals surface area contributed by atoms with E-state index >= 15 is 0 Å². The monoisotopic (exact) mass is 330 g/mol. The van der Waals surface area contributed by atoms with Crippen LogP contribution in [0.15, 0.2) is 30.3 Å². The number of aromatic nitrogens is 2. The van der Waals surface area contributed by atoms with Gasteiger partial charge in [-0.05, 0) is 50.3 Å². The summed E-state index contributed by atoms with van der Waals surface area (Å²) in [6.07, 6.45) is 3.36. The summed E-state index contributed by atoms with van der Waals surface area (Å²) in [5.74, 6) is -0.892. The second-order valence-corrected chi connectivity index (χ2v) is 5.34. The largest absolute Gasteiger partial charge is 0.469 e. The van der Waals surface area contributed by atoms with Crippen LogP contribution in [-0.2, 0) is 16.1 Å². The number of carbonyl (C=O) groups is 2. The van der Waals surface area contributed by atoms with Crippen LogP contribution in [0.4, 0.5) is 4.39 Å². The zero-order chi connectivity index (χ0) is 17.7. The molecule has 0 saturated heterocycles. The van der Waals surface area contributed by atoms with Crippen LogP contribution in [0.2, 0.25) is 0 Å².